The van der Waals surface area contributed by atoms with E-state index in [1.807, 2.05) is 26.8 Å². The van der Waals surface area contributed by atoms with Crippen molar-refractivity contribution in [1.29, 1.82) is 0 Å². The van der Waals surface area contributed by atoms with Crippen molar-refractivity contribution in [1.82, 2.24) is 4.98 Å². The second-order valence-electron chi connectivity index (χ2n) is 4.99. The molecule has 1 aliphatic rings. The molecule has 0 unspecified atom stereocenters. The van der Waals surface area contributed by atoms with Crippen LogP contribution >= 0.6 is 22.6 Å². The molecule has 0 atom stereocenters. The van der Waals surface area contributed by atoms with Gasteiger partial charge in [-0.05, 0) is 56.2 Å². The molecular formula is C12H16INO2. The highest BCUT2D eigenvalue weighted by Gasteiger charge is 2.26. The summed E-state index contributed by atoms with van der Waals surface area (Å²) >= 11 is 2.23. The van der Waals surface area contributed by atoms with Crippen molar-refractivity contribution in [2.75, 3.05) is 0 Å². The maximum atomic E-state index is 5.79. The lowest BCUT2D eigenvalue weighted by atomic mass is 10.2. The first-order valence-corrected chi connectivity index (χ1v) is 6.53. The SMILES string of the molecule is CC(C)(C)Oc1ncc(I)cc1OC1CC1. The number of halogens is 1. The van der Waals surface area contributed by atoms with Gasteiger partial charge in [-0.25, -0.2) is 4.98 Å². The smallest absolute Gasteiger partial charge is 0.257 e. The first-order chi connectivity index (χ1) is 7.44. The molecule has 0 aliphatic heterocycles. The monoisotopic (exact) mass is 333 g/mol. The summed E-state index contributed by atoms with van der Waals surface area (Å²) in [5, 5.41) is 0. The van der Waals surface area contributed by atoms with E-state index in [-0.39, 0.29) is 5.60 Å². The van der Waals surface area contributed by atoms with E-state index in [9.17, 15) is 0 Å². The molecule has 0 radical (unpaired) electrons. The largest absolute Gasteiger partial charge is 0.485 e. The van der Waals surface area contributed by atoms with Gasteiger partial charge in [0.25, 0.3) is 5.88 Å². The molecule has 1 aliphatic carbocycles. The maximum Gasteiger partial charge on any atom is 0.257 e. The van der Waals surface area contributed by atoms with Gasteiger partial charge in [0.15, 0.2) is 5.75 Å². The van der Waals surface area contributed by atoms with E-state index in [4.69, 9.17) is 9.47 Å². The molecule has 1 aromatic heterocycles. The van der Waals surface area contributed by atoms with Crippen LogP contribution in [0, 0.1) is 3.57 Å². The van der Waals surface area contributed by atoms with Crippen LogP contribution in [0.1, 0.15) is 33.6 Å². The Labute approximate surface area is 110 Å². The fourth-order valence-corrected chi connectivity index (χ4v) is 1.65. The zero-order valence-corrected chi connectivity index (χ0v) is 11.9. The molecule has 0 N–H and O–H groups in total. The summed E-state index contributed by atoms with van der Waals surface area (Å²) < 4.78 is 12.6. The molecule has 0 spiro atoms. The summed E-state index contributed by atoms with van der Waals surface area (Å²) in [6.07, 6.45) is 4.43. The standard InChI is InChI=1S/C12H16INO2/c1-12(2,3)16-11-10(15-9-4-5-9)6-8(13)7-14-11/h6-7,9H,4-5H2,1-3H3. The van der Waals surface area contributed by atoms with E-state index in [0.29, 0.717) is 12.0 Å². The molecule has 1 saturated carbocycles. The lowest BCUT2D eigenvalue weighted by molar-refractivity contribution is 0.115. The van der Waals surface area contributed by atoms with E-state index in [1.165, 1.54) is 0 Å². The molecular weight excluding hydrogens is 317 g/mol. The van der Waals surface area contributed by atoms with E-state index in [0.717, 1.165) is 22.2 Å². The summed E-state index contributed by atoms with van der Waals surface area (Å²) in [6.45, 7) is 6.02. The molecule has 0 bridgehead atoms. The molecule has 2 rings (SSSR count). The van der Waals surface area contributed by atoms with Crippen LogP contribution in [-0.2, 0) is 0 Å². The average Bonchev–Trinajstić information content (AvgIpc) is 2.91. The predicted octanol–water partition coefficient (Wildman–Crippen LogP) is 3.40. The summed E-state index contributed by atoms with van der Waals surface area (Å²) in [7, 11) is 0. The molecule has 0 saturated heterocycles. The molecule has 3 nitrogen and oxygen atoms in total. The zero-order chi connectivity index (χ0) is 11.8. The Morgan fingerprint density at radius 2 is 2.06 bits per heavy atom. The Hall–Kier alpha value is -0.520. The fraction of sp³-hybridized carbons (Fsp3) is 0.583. The quantitative estimate of drug-likeness (QED) is 0.795. The Kier molecular flexibility index (Phi) is 3.28. The lowest BCUT2D eigenvalue weighted by Crippen LogP contribution is -2.24. The first-order valence-electron chi connectivity index (χ1n) is 5.45. The van der Waals surface area contributed by atoms with Crippen LogP contribution in [0.2, 0.25) is 0 Å². The highest BCUT2D eigenvalue weighted by molar-refractivity contribution is 14.1. The van der Waals surface area contributed by atoms with E-state index in [2.05, 4.69) is 27.6 Å². The van der Waals surface area contributed by atoms with Crippen molar-refractivity contribution >= 4 is 22.6 Å². The van der Waals surface area contributed by atoms with Crippen molar-refractivity contribution in [2.24, 2.45) is 0 Å². The number of pyridine rings is 1. The Balaban J connectivity index is 2.20. The maximum absolute atomic E-state index is 5.79. The molecule has 88 valence electrons. The van der Waals surface area contributed by atoms with E-state index < -0.39 is 0 Å². The second-order valence-corrected chi connectivity index (χ2v) is 6.23. The van der Waals surface area contributed by atoms with Gasteiger partial charge >= 0.3 is 0 Å². The molecule has 1 fully saturated rings. The first kappa shape index (κ1) is 12.0. The number of nitrogens with zero attached hydrogens (tertiary/aromatic N) is 1. The summed E-state index contributed by atoms with van der Waals surface area (Å²) in [5.41, 5.74) is -0.249. The fourth-order valence-electron chi connectivity index (χ4n) is 1.22. The number of ether oxygens (including phenoxy) is 2. The van der Waals surface area contributed by atoms with Crippen LogP contribution < -0.4 is 9.47 Å². The molecule has 4 heteroatoms. The molecule has 0 amide bonds. The summed E-state index contributed by atoms with van der Waals surface area (Å²) in [5.74, 6) is 1.36. The van der Waals surface area contributed by atoms with Crippen molar-refractivity contribution in [3.63, 3.8) is 0 Å². The average molecular weight is 333 g/mol. The van der Waals surface area contributed by atoms with Crippen molar-refractivity contribution < 1.29 is 9.47 Å². The Morgan fingerprint density at radius 3 is 2.62 bits per heavy atom. The Morgan fingerprint density at radius 1 is 1.38 bits per heavy atom. The van der Waals surface area contributed by atoms with Gasteiger partial charge in [-0.3, -0.25) is 0 Å². The number of rotatable bonds is 3. The highest BCUT2D eigenvalue weighted by Crippen LogP contribution is 2.34. The highest BCUT2D eigenvalue weighted by atomic mass is 127. The van der Waals surface area contributed by atoms with Crippen LogP contribution in [-0.4, -0.2) is 16.7 Å². The van der Waals surface area contributed by atoms with Gasteiger partial charge in [-0.2, -0.15) is 0 Å². The van der Waals surface area contributed by atoms with Gasteiger partial charge in [0.1, 0.15) is 5.60 Å². The number of aromatic nitrogens is 1. The van der Waals surface area contributed by atoms with Crippen molar-refractivity contribution in [2.45, 2.75) is 45.3 Å². The van der Waals surface area contributed by atoms with Crippen molar-refractivity contribution in [3.05, 3.63) is 15.8 Å². The molecule has 1 heterocycles. The van der Waals surface area contributed by atoms with Crippen LogP contribution in [0.15, 0.2) is 12.3 Å². The second kappa shape index (κ2) is 4.39. The minimum atomic E-state index is -0.249. The van der Waals surface area contributed by atoms with E-state index >= 15 is 0 Å². The normalized spacial score (nSPS) is 16.0. The minimum absolute atomic E-state index is 0.249. The minimum Gasteiger partial charge on any atom is -0.485 e. The third-order valence-corrected chi connectivity index (χ3v) is 2.60. The summed E-state index contributed by atoms with van der Waals surface area (Å²) in [6, 6.07) is 1.98. The van der Waals surface area contributed by atoms with Gasteiger partial charge in [0, 0.05) is 15.8 Å². The van der Waals surface area contributed by atoms with Crippen LogP contribution in [0.4, 0.5) is 0 Å². The Bertz CT molecular complexity index is 383. The van der Waals surface area contributed by atoms with Crippen LogP contribution in [0.3, 0.4) is 0 Å². The third kappa shape index (κ3) is 3.50. The topological polar surface area (TPSA) is 31.4 Å². The van der Waals surface area contributed by atoms with Gasteiger partial charge in [0.2, 0.25) is 0 Å². The number of hydrogen-bond donors (Lipinski definition) is 0. The molecule has 0 aromatic carbocycles. The van der Waals surface area contributed by atoms with Gasteiger partial charge in [-0.15, -0.1) is 0 Å². The third-order valence-electron chi connectivity index (χ3n) is 2.01. The zero-order valence-electron chi connectivity index (χ0n) is 9.79. The lowest BCUT2D eigenvalue weighted by Gasteiger charge is -2.22. The van der Waals surface area contributed by atoms with Crippen LogP contribution in [0.5, 0.6) is 11.6 Å². The predicted molar refractivity (Wildman–Crippen MR) is 71.0 cm³/mol. The summed E-state index contributed by atoms with van der Waals surface area (Å²) in [4.78, 5) is 4.29. The van der Waals surface area contributed by atoms with Gasteiger partial charge in [0.05, 0.1) is 6.10 Å². The number of hydrogen-bond acceptors (Lipinski definition) is 3. The van der Waals surface area contributed by atoms with Crippen molar-refractivity contribution in [3.8, 4) is 11.6 Å². The molecule has 1 aromatic rings. The van der Waals surface area contributed by atoms with E-state index in [1.54, 1.807) is 6.20 Å². The van der Waals surface area contributed by atoms with Gasteiger partial charge < -0.3 is 9.47 Å². The van der Waals surface area contributed by atoms with Gasteiger partial charge in [-0.1, -0.05) is 0 Å². The van der Waals surface area contributed by atoms with Crippen LogP contribution in [0.25, 0.3) is 0 Å². The molecule has 16 heavy (non-hydrogen) atoms.